The van der Waals surface area contributed by atoms with E-state index in [9.17, 15) is 9.59 Å². The third-order valence-corrected chi connectivity index (χ3v) is 3.32. The third kappa shape index (κ3) is 5.62. The molecule has 0 atom stereocenters. The van der Waals surface area contributed by atoms with E-state index in [0.29, 0.717) is 12.3 Å². The minimum Gasteiger partial charge on any atom is -0.462 e. The van der Waals surface area contributed by atoms with Crippen LogP contribution < -0.4 is 0 Å². The van der Waals surface area contributed by atoms with Gasteiger partial charge in [0.25, 0.3) is 0 Å². The average molecular weight is 270 g/mol. The molecule has 1 fully saturated rings. The number of carbonyl (C=O) groups excluding carboxylic acids is 2. The number of rotatable bonds is 6. The molecule has 0 saturated heterocycles. The van der Waals surface area contributed by atoms with Gasteiger partial charge in [-0.2, -0.15) is 0 Å². The molecule has 1 aliphatic carbocycles. The number of hydrogen-bond acceptors (Lipinski definition) is 4. The van der Waals surface area contributed by atoms with Gasteiger partial charge >= 0.3 is 11.9 Å². The highest BCUT2D eigenvalue weighted by Gasteiger charge is 2.34. The van der Waals surface area contributed by atoms with Gasteiger partial charge in [-0.1, -0.05) is 25.7 Å². The van der Waals surface area contributed by atoms with Gasteiger partial charge in [-0.25, -0.2) is 0 Å². The Bertz CT molecular complexity index is 281. The van der Waals surface area contributed by atoms with Gasteiger partial charge in [-0.05, 0) is 40.0 Å². The summed E-state index contributed by atoms with van der Waals surface area (Å²) in [5.74, 6) is -1.18. The molecule has 4 heteroatoms. The molecule has 0 radical (unpaired) electrons. The van der Waals surface area contributed by atoms with Crippen LogP contribution in [-0.2, 0) is 19.1 Å². The molecule has 1 rings (SSSR count). The van der Waals surface area contributed by atoms with E-state index in [1.54, 1.807) is 27.7 Å². The van der Waals surface area contributed by atoms with Crippen molar-refractivity contribution in [2.45, 2.75) is 72.0 Å². The molecule has 0 unspecified atom stereocenters. The fourth-order valence-electron chi connectivity index (χ4n) is 2.50. The van der Waals surface area contributed by atoms with Crippen LogP contribution in [0.15, 0.2) is 0 Å². The summed E-state index contributed by atoms with van der Waals surface area (Å²) in [4.78, 5) is 24.1. The van der Waals surface area contributed by atoms with Crippen molar-refractivity contribution in [2.24, 2.45) is 11.8 Å². The first kappa shape index (κ1) is 16.0. The molecule has 0 N–H and O–H groups in total. The summed E-state index contributed by atoms with van der Waals surface area (Å²) in [5, 5.41) is 0. The maximum atomic E-state index is 12.0. The highest BCUT2D eigenvalue weighted by molar-refractivity contribution is 5.95. The van der Waals surface area contributed by atoms with Crippen molar-refractivity contribution in [3.8, 4) is 0 Å². The first-order valence-electron chi connectivity index (χ1n) is 7.31. The highest BCUT2D eigenvalue weighted by Crippen LogP contribution is 2.31. The van der Waals surface area contributed by atoms with E-state index >= 15 is 0 Å². The Kier molecular flexibility index (Phi) is 6.32. The summed E-state index contributed by atoms with van der Waals surface area (Å²) in [7, 11) is 0. The van der Waals surface area contributed by atoms with Crippen LogP contribution in [0.25, 0.3) is 0 Å². The smallest absolute Gasteiger partial charge is 0.320 e. The lowest BCUT2D eigenvalue weighted by atomic mass is 9.93. The lowest BCUT2D eigenvalue weighted by molar-refractivity contribution is -0.167. The van der Waals surface area contributed by atoms with Gasteiger partial charge in [0.05, 0.1) is 12.2 Å². The van der Waals surface area contributed by atoms with Crippen molar-refractivity contribution in [3.63, 3.8) is 0 Å². The minimum atomic E-state index is -0.757. The van der Waals surface area contributed by atoms with Gasteiger partial charge in [-0.15, -0.1) is 0 Å². The van der Waals surface area contributed by atoms with Crippen molar-refractivity contribution in [3.05, 3.63) is 0 Å². The topological polar surface area (TPSA) is 52.6 Å². The Balaban J connectivity index is 2.65. The molecule has 0 aromatic carbocycles. The number of carbonyl (C=O) groups is 2. The van der Waals surface area contributed by atoms with E-state index in [1.165, 1.54) is 12.8 Å². The molecule has 1 saturated carbocycles. The zero-order chi connectivity index (χ0) is 14.4. The predicted molar refractivity (Wildman–Crippen MR) is 72.5 cm³/mol. The van der Waals surface area contributed by atoms with Crippen LogP contribution in [0.2, 0.25) is 0 Å². The lowest BCUT2D eigenvalue weighted by Crippen LogP contribution is -2.32. The molecule has 19 heavy (non-hydrogen) atoms. The molecule has 4 nitrogen and oxygen atoms in total. The lowest BCUT2D eigenvalue weighted by Gasteiger charge is -2.20. The fourth-order valence-corrected chi connectivity index (χ4v) is 2.50. The second-order valence-corrected chi connectivity index (χ2v) is 5.91. The first-order valence-corrected chi connectivity index (χ1v) is 7.31. The van der Waals surface area contributed by atoms with Gasteiger partial charge in [0, 0.05) is 0 Å². The molecule has 0 bridgehead atoms. The normalized spacial score (nSPS) is 16.4. The second-order valence-electron chi connectivity index (χ2n) is 5.91. The van der Waals surface area contributed by atoms with E-state index in [1.807, 2.05) is 0 Å². The standard InChI is InChI=1S/C15H26O4/c1-10(2)18-14(16)13(15(17)19-11(3)4)9-12-7-5-6-8-12/h10-13H,5-9H2,1-4H3. The van der Waals surface area contributed by atoms with Gasteiger partial charge < -0.3 is 9.47 Å². The summed E-state index contributed by atoms with van der Waals surface area (Å²) in [6, 6.07) is 0. The Morgan fingerprint density at radius 2 is 1.37 bits per heavy atom. The molecule has 0 heterocycles. The van der Waals surface area contributed by atoms with Crippen LogP contribution in [0.1, 0.15) is 59.8 Å². The molecule has 0 spiro atoms. The number of ether oxygens (including phenoxy) is 2. The Hall–Kier alpha value is -1.06. The third-order valence-electron chi connectivity index (χ3n) is 3.32. The second kappa shape index (κ2) is 7.51. The minimum absolute atomic E-state index is 0.203. The van der Waals surface area contributed by atoms with E-state index in [-0.39, 0.29) is 12.2 Å². The number of hydrogen-bond donors (Lipinski definition) is 0. The van der Waals surface area contributed by atoms with E-state index in [2.05, 4.69) is 0 Å². The summed E-state index contributed by atoms with van der Waals surface area (Å²) in [6.45, 7) is 7.16. The van der Waals surface area contributed by atoms with E-state index < -0.39 is 17.9 Å². The van der Waals surface area contributed by atoms with Gasteiger partial charge in [-0.3, -0.25) is 9.59 Å². The van der Waals surface area contributed by atoms with Crippen molar-refractivity contribution in [1.29, 1.82) is 0 Å². The molecular weight excluding hydrogens is 244 g/mol. The van der Waals surface area contributed by atoms with Crippen LogP contribution >= 0.6 is 0 Å². The molecule has 110 valence electrons. The average Bonchev–Trinajstić information content (AvgIpc) is 2.76. The van der Waals surface area contributed by atoms with Crippen LogP contribution in [-0.4, -0.2) is 24.1 Å². The van der Waals surface area contributed by atoms with Crippen molar-refractivity contribution < 1.29 is 19.1 Å². The molecule has 0 aromatic rings. The van der Waals surface area contributed by atoms with Crippen LogP contribution in [0.3, 0.4) is 0 Å². The summed E-state index contributed by atoms with van der Waals surface area (Å²) in [5.41, 5.74) is 0. The van der Waals surface area contributed by atoms with E-state index in [0.717, 1.165) is 12.8 Å². The molecule has 0 aromatic heterocycles. The largest absolute Gasteiger partial charge is 0.462 e. The maximum absolute atomic E-state index is 12.0. The maximum Gasteiger partial charge on any atom is 0.320 e. The van der Waals surface area contributed by atoms with Crippen LogP contribution in [0.5, 0.6) is 0 Å². The summed E-state index contributed by atoms with van der Waals surface area (Å²) in [6.07, 6.45) is 4.74. The van der Waals surface area contributed by atoms with Crippen LogP contribution in [0.4, 0.5) is 0 Å². The summed E-state index contributed by atoms with van der Waals surface area (Å²) < 4.78 is 10.4. The zero-order valence-electron chi connectivity index (χ0n) is 12.5. The molecule has 0 aliphatic heterocycles. The molecular formula is C15H26O4. The Labute approximate surface area is 115 Å². The zero-order valence-corrected chi connectivity index (χ0v) is 12.5. The van der Waals surface area contributed by atoms with Crippen LogP contribution in [0, 0.1) is 11.8 Å². The van der Waals surface area contributed by atoms with E-state index in [4.69, 9.17) is 9.47 Å². The fraction of sp³-hybridized carbons (Fsp3) is 0.867. The highest BCUT2D eigenvalue weighted by atomic mass is 16.6. The molecule has 1 aliphatic rings. The predicted octanol–water partition coefficient (Wildman–Crippen LogP) is 3.09. The Morgan fingerprint density at radius 3 is 1.74 bits per heavy atom. The Morgan fingerprint density at radius 1 is 0.947 bits per heavy atom. The van der Waals surface area contributed by atoms with Crippen molar-refractivity contribution in [2.75, 3.05) is 0 Å². The quantitative estimate of drug-likeness (QED) is 0.550. The van der Waals surface area contributed by atoms with Gasteiger partial charge in [0.15, 0.2) is 5.92 Å². The summed E-state index contributed by atoms with van der Waals surface area (Å²) >= 11 is 0. The van der Waals surface area contributed by atoms with Gasteiger partial charge in [0.2, 0.25) is 0 Å². The monoisotopic (exact) mass is 270 g/mol. The van der Waals surface area contributed by atoms with Crippen molar-refractivity contribution >= 4 is 11.9 Å². The SMILES string of the molecule is CC(C)OC(=O)C(CC1CCCC1)C(=O)OC(C)C. The number of esters is 2. The first-order chi connectivity index (χ1) is 8.90. The molecule has 0 amide bonds. The van der Waals surface area contributed by atoms with Gasteiger partial charge in [0.1, 0.15) is 0 Å². The van der Waals surface area contributed by atoms with Crippen molar-refractivity contribution in [1.82, 2.24) is 0 Å².